The number of rotatable bonds is 7. The normalized spacial score (nSPS) is 11.5. The molecular weight excluding hydrogens is 334 g/mol. The van der Waals surface area contributed by atoms with Crippen LogP contribution in [-0.2, 0) is 11.2 Å². The number of benzene rings is 2. The molecular formula is C20H23NO5. The molecule has 0 heterocycles. The Kier molecular flexibility index (Phi) is 6.22. The molecule has 6 heteroatoms. The van der Waals surface area contributed by atoms with Gasteiger partial charge >= 0.3 is 5.97 Å². The first-order valence-electron chi connectivity index (χ1n) is 8.26. The zero-order chi connectivity index (χ0) is 19.3. The Morgan fingerprint density at radius 1 is 1.04 bits per heavy atom. The number of amides is 1. The van der Waals surface area contributed by atoms with Crippen molar-refractivity contribution in [2.75, 3.05) is 14.2 Å². The van der Waals surface area contributed by atoms with E-state index in [4.69, 9.17) is 19.9 Å². The van der Waals surface area contributed by atoms with Crippen molar-refractivity contribution in [1.29, 1.82) is 0 Å². The molecule has 1 atom stereocenters. The Hall–Kier alpha value is -3.02. The molecule has 6 nitrogen and oxygen atoms in total. The molecule has 0 bridgehead atoms. The minimum atomic E-state index is -0.509. The van der Waals surface area contributed by atoms with Gasteiger partial charge in [-0.15, -0.1) is 0 Å². The fraction of sp³-hybridized carbons (Fsp3) is 0.300. The maximum Gasteiger partial charge on any atom is 0.337 e. The predicted molar refractivity (Wildman–Crippen MR) is 97.7 cm³/mol. The number of ether oxygens (including phenoxy) is 3. The maximum atomic E-state index is 11.7. The van der Waals surface area contributed by atoms with Crippen molar-refractivity contribution in [3.63, 3.8) is 0 Å². The van der Waals surface area contributed by atoms with E-state index in [1.165, 1.54) is 14.2 Å². The van der Waals surface area contributed by atoms with Crippen LogP contribution in [0.1, 0.15) is 51.8 Å². The molecule has 0 saturated heterocycles. The molecule has 26 heavy (non-hydrogen) atoms. The average molecular weight is 357 g/mol. The molecule has 0 fully saturated rings. The van der Waals surface area contributed by atoms with Gasteiger partial charge in [0.1, 0.15) is 17.6 Å². The number of primary amides is 1. The van der Waals surface area contributed by atoms with Gasteiger partial charge in [0.15, 0.2) is 0 Å². The number of hydrogen-bond donors (Lipinski definition) is 1. The standard InChI is InChI=1S/C20H23NO5/c1-5-13-6-7-14(19(21)22)10-17(13)26-12(2)16-9-8-15(20(23)25-4)11-18(16)24-3/h6-12H,5H2,1-4H3,(H2,21,22). The number of esters is 1. The fourth-order valence-electron chi connectivity index (χ4n) is 2.66. The van der Waals surface area contributed by atoms with Gasteiger partial charge in [0.2, 0.25) is 5.91 Å². The van der Waals surface area contributed by atoms with Crippen molar-refractivity contribution in [3.05, 3.63) is 58.7 Å². The summed E-state index contributed by atoms with van der Waals surface area (Å²) in [6.07, 6.45) is 0.379. The monoisotopic (exact) mass is 357 g/mol. The van der Waals surface area contributed by atoms with E-state index < -0.39 is 11.9 Å². The maximum absolute atomic E-state index is 11.7. The van der Waals surface area contributed by atoms with Crippen molar-refractivity contribution in [2.24, 2.45) is 5.73 Å². The van der Waals surface area contributed by atoms with Crippen molar-refractivity contribution in [1.82, 2.24) is 0 Å². The largest absolute Gasteiger partial charge is 0.496 e. The molecule has 0 aliphatic rings. The third-order valence-electron chi connectivity index (χ3n) is 4.13. The lowest BCUT2D eigenvalue weighted by Gasteiger charge is -2.20. The van der Waals surface area contributed by atoms with Gasteiger partial charge in [0.05, 0.1) is 19.8 Å². The van der Waals surface area contributed by atoms with Gasteiger partial charge in [-0.05, 0) is 43.2 Å². The van der Waals surface area contributed by atoms with Crippen LogP contribution in [0.4, 0.5) is 0 Å². The Morgan fingerprint density at radius 3 is 2.27 bits per heavy atom. The molecule has 1 unspecified atom stereocenters. The van der Waals surface area contributed by atoms with Crippen LogP contribution in [-0.4, -0.2) is 26.1 Å². The van der Waals surface area contributed by atoms with Gasteiger partial charge in [-0.3, -0.25) is 4.79 Å². The lowest BCUT2D eigenvalue weighted by atomic mass is 10.0. The van der Waals surface area contributed by atoms with Crippen molar-refractivity contribution in [3.8, 4) is 11.5 Å². The molecule has 2 aromatic carbocycles. The molecule has 0 aliphatic carbocycles. The summed E-state index contributed by atoms with van der Waals surface area (Å²) >= 11 is 0. The molecule has 138 valence electrons. The van der Waals surface area contributed by atoms with E-state index in [1.807, 2.05) is 19.9 Å². The molecule has 2 N–H and O–H groups in total. The topological polar surface area (TPSA) is 87.9 Å². The Bertz CT molecular complexity index is 816. The smallest absolute Gasteiger partial charge is 0.337 e. The number of methoxy groups -OCH3 is 2. The minimum absolute atomic E-state index is 0.370. The third-order valence-corrected chi connectivity index (χ3v) is 4.13. The third kappa shape index (κ3) is 4.14. The van der Waals surface area contributed by atoms with Gasteiger partial charge in [-0.2, -0.15) is 0 Å². The van der Waals surface area contributed by atoms with E-state index in [9.17, 15) is 9.59 Å². The molecule has 0 aromatic heterocycles. The lowest BCUT2D eigenvalue weighted by molar-refractivity contribution is 0.0600. The van der Waals surface area contributed by atoms with Crippen LogP contribution in [0.15, 0.2) is 36.4 Å². The summed E-state index contributed by atoms with van der Waals surface area (Å²) in [4.78, 5) is 23.1. The summed E-state index contributed by atoms with van der Waals surface area (Å²) in [6.45, 7) is 3.87. The zero-order valence-corrected chi connectivity index (χ0v) is 15.4. The highest BCUT2D eigenvalue weighted by Gasteiger charge is 2.18. The summed E-state index contributed by atoms with van der Waals surface area (Å²) < 4.78 is 16.2. The number of aryl methyl sites for hydroxylation is 1. The van der Waals surface area contributed by atoms with E-state index in [-0.39, 0.29) is 6.10 Å². The van der Waals surface area contributed by atoms with Crippen LogP contribution in [0.5, 0.6) is 11.5 Å². The van der Waals surface area contributed by atoms with Gasteiger partial charge in [-0.1, -0.05) is 19.1 Å². The van der Waals surface area contributed by atoms with Gasteiger partial charge in [0, 0.05) is 11.1 Å². The Balaban J connectivity index is 2.35. The molecule has 0 saturated carbocycles. The van der Waals surface area contributed by atoms with Crippen LogP contribution in [0.3, 0.4) is 0 Å². The summed E-state index contributed by atoms with van der Waals surface area (Å²) in [5, 5.41) is 0. The number of carbonyl (C=O) groups excluding carboxylic acids is 2. The number of hydrogen-bond acceptors (Lipinski definition) is 5. The first kappa shape index (κ1) is 19.3. The van der Waals surface area contributed by atoms with E-state index in [1.54, 1.807) is 30.3 Å². The van der Waals surface area contributed by atoms with Crippen molar-refractivity contribution < 1.29 is 23.8 Å². The SMILES string of the molecule is CCc1ccc(C(N)=O)cc1OC(C)c1ccc(C(=O)OC)cc1OC. The summed E-state index contributed by atoms with van der Waals surface area (Å²) in [7, 11) is 2.85. The molecule has 1 amide bonds. The van der Waals surface area contributed by atoms with Crippen LogP contribution >= 0.6 is 0 Å². The van der Waals surface area contributed by atoms with Gasteiger partial charge < -0.3 is 19.9 Å². The second-order valence-corrected chi connectivity index (χ2v) is 5.75. The van der Waals surface area contributed by atoms with E-state index in [2.05, 4.69) is 0 Å². The molecule has 0 aliphatic heterocycles. The fourth-order valence-corrected chi connectivity index (χ4v) is 2.66. The minimum Gasteiger partial charge on any atom is -0.496 e. The molecule has 0 spiro atoms. The molecule has 2 rings (SSSR count). The second-order valence-electron chi connectivity index (χ2n) is 5.75. The van der Waals surface area contributed by atoms with E-state index in [0.717, 1.165) is 17.5 Å². The summed E-state index contributed by atoms with van der Waals surface area (Å²) in [5.74, 6) is 0.163. The number of carbonyl (C=O) groups is 2. The van der Waals surface area contributed by atoms with Crippen molar-refractivity contribution >= 4 is 11.9 Å². The highest BCUT2D eigenvalue weighted by molar-refractivity contribution is 5.93. The highest BCUT2D eigenvalue weighted by Crippen LogP contribution is 2.32. The zero-order valence-electron chi connectivity index (χ0n) is 15.4. The van der Waals surface area contributed by atoms with Crippen LogP contribution < -0.4 is 15.2 Å². The number of nitrogens with two attached hydrogens (primary N) is 1. The first-order valence-corrected chi connectivity index (χ1v) is 8.26. The first-order chi connectivity index (χ1) is 12.4. The van der Waals surface area contributed by atoms with Crippen LogP contribution in [0.25, 0.3) is 0 Å². The van der Waals surface area contributed by atoms with E-state index in [0.29, 0.717) is 22.6 Å². The average Bonchev–Trinajstić information content (AvgIpc) is 2.66. The van der Waals surface area contributed by atoms with Crippen molar-refractivity contribution in [2.45, 2.75) is 26.4 Å². The summed E-state index contributed by atoms with van der Waals surface area (Å²) in [5.41, 5.74) is 7.88. The predicted octanol–water partition coefficient (Wildman–Crippen LogP) is 3.28. The molecule has 2 aromatic rings. The highest BCUT2D eigenvalue weighted by atomic mass is 16.5. The Morgan fingerprint density at radius 2 is 1.69 bits per heavy atom. The van der Waals surface area contributed by atoms with Crippen LogP contribution in [0, 0.1) is 0 Å². The van der Waals surface area contributed by atoms with E-state index >= 15 is 0 Å². The lowest BCUT2D eigenvalue weighted by Crippen LogP contribution is -2.12. The molecule has 0 radical (unpaired) electrons. The van der Waals surface area contributed by atoms with Crippen LogP contribution in [0.2, 0.25) is 0 Å². The quantitative estimate of drug-likeness (QED) is 0.768. The van der Waals surface area contributed by atoms with Gasteiger partial charge in [-0.25, -0.2) is 4.79 Å². The van der Waals surface area contributed by atoms with Gasteiger partial charge in [0.25, 0.3) is 0 Å². The second kappa shape index (κ2) is 8.38. The summed E-state index contributed by atoms with van der Waals surface area (Å²) in [6, 6.07) is 10.2. The Labute approximate surface area is 152 Å².